The molecule has 0 saturated carbocycles. The van der Waals surface area contributed by atoms with E-state index in [0.717, 1.165) is 17.3 Å². The van der Waals surface area contributed by atoms with Gasteiger partial charge in [0.2, 0.25) is 0 Å². The molecule has 0 bridgehead atoms. The highest BCUT2D eigenvalue weighted by Gasteiger charge is 2.18. The van der Waals surface area contributed by atoms with Gasteiger partial charge in [-0.15, -0.1) is 10.2 Å². The molecule has 8 heteroatoms. The van der Waals surface area contributed by atoms with Gasteiger partial charge in [0.05, 0.1) is 18.6 Å². The van der Waals surface area contributed by atoms with E-state index in [4.69, 9.17) is 9.84 Å². The summed E-state index contributed by atoms with van der Waals surface area (Å²) in [5.41, 5.74) is 1.66. The van der Waals surface area contributed by atoms with E-state index in [1.165, 1.54) is 0 Å². The van der Waals surface area contributed by atoms with E-state index in [2.05, 4.69) is 10.2 Å². The number of methoxy groups -OCH3 is 1. The number of aliphatic carboxylic acids is 1. The van der Waals surface area contributed by atoms with Gasteiger partial charge in [-0.2, -0.15) is 0 Å². The van der Waals surface area contributed by atoms with Gasteiger partial charge in [0, 0.05) is 0 Å². The Bertz CT molecular complexity index is 657. The molecular weight excluding hydrogens is 294 g/mol. The lowest BCUT2D eigenvalue weighted by molar-refractivity contribution is -0.133. The van der Waals surface area contributed by atoms with Gasteiger partial charge >= 0.3 is 5.97 Å². The van der Waals surface area contributed by atoms with E-state index in [1.54, 1.807) is 17.7 Å². The number of thioether (sulfide) groups is 1. The first-order chi connectivity index (χ1) is 10.1. The molecule has 2 aromatic rings. The highest BCUT2D eigenvalue weighted by Crippen LogP contribution is 2.29. The molecule has 1 heterocycles. The maximum atomic E-state index is 10.7. The van der Waals surface area contributed by atoms with Crippen molar-refractivity contribution in [3.63, 3.8) is 0 Å². The average molecular weight is 309 g/mol. The molecule has 21 heavy (non-hydrogen) atoms. The SMILES string of the molecule is COc1ccc(C)cc1-n1c(CO)nnc1SCC(=O)O. The van der Waals surface area contributed by atoms with Crippen LogP contribution in [-0.4, -0.2) is 43.8 Å². The highest BCUT2D eigenvalue weighted by atomic mass is 32.2. The third-order valence-electron chi connectivity index (χ3n) is 2.74. The summed E-state index contributed by atoms with van der Waals surface area (Å²) in [4.78, 5) is 10.7. The fourth-order valence-electron chi connectivity index (χ4n) is 1.84. The molecule has 0 unspecified atom stereocenters. The monoisotopic (exact) mass is 309 g/mol. The lowest BCUT2D eigenvalue weighted by Crippen LogP contribution is -2.06. The number of aryl methyl sites for hydroxylation is 1. The summed E-state index contributed by atoms with van der Waals surface area (Å²) in [5, 5.41) is 26.4. The summed E-state index contributed by atoms with van der Waals surface area (Å²) in [7, 11) is 1.54. The van der Waals surface area contributed by atoms with Gasteiger partial charge in [-0.25, -0.2) is 0 Å². The highest BCUT2D eigenvalue weighted by molar-refractivity contribution is 7.99. The molecule has 0 amide bonds. The molecule has 0 radical (unpaired) electrons. The molecule has 2 rings (SSSR count). The minimum absolute atomic E-state index is 0.141. The Labute approximate surface area is 125 Å². The molecule has 0 spiro atoms. The van der Waals surface area contributed by atoms with Gasteiger partial charge in [-0.3, -0.25) is 9.36 Å². The minimum atomic E-state index is -0.948. The Hall–Kier alpha value is -2.06. The Morgan fingerprint density at radius 1 is 1.43 bits per heavy atom. The van der Waals surface area contributed by atoms with Crippen molar-refractivity contribution in [1.82, 2.24) is 14.8 Å². The number of aromatic nitrogens is 3. The van der Waals surface area contributed by atoms with Crippen LogP contribution >= 0.6 is 11.8 Å². The van der Waals surface area contributed by atoms with Crippen molar-refractivity contribution >= 4 is 17.7 Å². The first kappa shape index (κ1) is 15.3. The molecule has 2 N–H and O–H groups in total. The fraction of sp³-hybridized carbons (Fsp3) is 0.308. The lowest BCUT2D eigenvalue weighted by Gasteiger charge is -2.13. The Morgan fingerprint density at radius 2 is 2.19 bits per heavy atom. The van der Waals surface area contributed by atoms with Crippen LogP contribution in [0.4, 0.5) is 0 Å². The fourth-order valence-corrected chi connectivity index (χ4v) is 2.52. The van der Waals surface area contributed by atoms with Crippen molar-refractivity contribution in [1.29, 1.82) is 0 Å². The first-order valence-electron chi connectivity index (χ1n) is 6.11. The second-order valence-electron chi connectivity index (χ2n) is 4.25. The minimum Gasteiger partial charge on any atom is -0.495 e. The van der Waals surface area contributed by atoms with Crippen LogP contribution < -0.4 is 4.74 Å². The van der Waals surface area contributed by atoms with Crippen molar-refractivity contribution in [2.24, 2.45) is 0 Å². The van der Waals surface area contributed by atoms with Gasteiger partial charge in [-0.05, 0) is 24.6 Å². The third kappa shape index (κ3) is 3.34. The van der Waals surface area contributed by atoms with Crippen LogP contribution in [0.25, 0.3) is 5.69 Å². The summed E-state index contributed by atoms with van der Waals surface area (Å²) in [5.74, 6) is -0.173. The first-order valence-corrected chi connectivity index (χ1v) is 7.10. The third-order valence-corrected chi connectivity index (χ3v) is 3.66. The van der Waals surface area contributed by atoms with E-state index in [1.807, 2.05) is 19.1 Å². The maximum Gasteiger partial charge on any atom is 0.313 e. The largest absolute Gasteiger partial charge is 0.495 e. The summed E-state index contributed by atoms with van der Waals surface area (Å²) >= 11 is 1.03. The number of rotatable bonds is 6. The Morgan fingerprint density at radius 3 is 2.81 bits per heavy atom. The molecule has 112 valence electrons. The van der Waals surface area contributed by atoms with E-state index in [0.29, 0.717) is 22.4 Å². The number of hydrogen-bond acceptors (Lipinski definition) is 6. The number of benzene rings is 1. The molecule has 0 saturated heterocycles. The smallest absolute Gasteiger partial charge is 0.313 e. The summed E-state index contributed by atoms with van der Waals surface area (Å²) in [6.45, 7) is 1.62. The number of hydrogen-bond donors (Lipinski definition) is 2. The number of carboxylic acids is 1. The topological polar surface area (TPSA) is 97.5 Å². The predicted octanol–water partition coefficient (Wildman–Crippen LogP) is 1.25. The molecule has 0 fully saturated rings. The number of aliphatic hydroxyl groups is 1. The normalized spacial score (nSPS) is 10.6. The van der Waals surface area contributed by atoms with E-state index < -0.39 is 5.97 Å². The van der Waals surface area contributed by atoms with Gasteiger partial charge in [0.1, 0.15) is 12.4 Å². The van der Waals surface area contributed by atoms with E-state index in [-0.39, 0.29) is 12.4 Å². The quantitative estimate of drug-likeness (QED) is 0.775. The van der Waals surface area contributed by atoms with Crippen molar-refractivity contribution in [2.75, 3.05) is 12.9 Å². The zero-order chi connectivity index (χ0) is 15.4. The zero-order valence-electron chi connectivity index (χ0n) is 11.6. The molecule has 7 nitrogen and oxygen atoms in total. The van der Waals surface area contributed by atoms with Crippen LogP contribution in [0.2, 0.25) is 0 Å². The van der Waals surface area contributed by atoms with E-state index >= 15 is 0 Å². The predicted molar refractivity (Wildman–Crippen MR) is 76.9 cm³/mol. The average Bonchev–Trinajstić information content (AvgIpc) is 2.87. The van der Waals surface area contributed by atoms with Crippen LogP contribution in [0.5, 0.6) is 5.75 Å². The molecule has 1 aromatic carbocycles. The van der Waals surface area contributed by atoms with Crippen LogP contribution in [0.1, 0.15) is 11.4 Å². The van der Waals surface area contributed by atoms with Crippen molar-refractivity contribution in [3.05, 3.63) is 29.6 Å². The maximum absolute atomic E-state index is 10.7. The zero-order valence-corrected chi connectivity index (χ0v) is 12.4. The molecular formula is C13H15N3O4S. The van der Waals surface area contributed by atoms with Crippen LogP contribution in [0, 0.1) is 6.92 Å². The lowest BCUT2D eigenvalue weighted by atomic mass is 10.2. The molecule has 0 aliphatic carbocycles. The Kier molecular flexibility index (Phi) is 4.81. The number of carboxylic acid groups (broad SMARTS) is 1. The molecule has 0 aliphatic heterocycles. The second-order valence-corrected chi connectivity index (χ2v) is 5.19. The molecule has 0 aliphatic rings. The van der Waals surface area contributed by atoms with Crippen molar-refractivity contribution in [3.8, 4) is 11.4 Å². The van der Waals surface area contributed by atoms with Gasteiger partial charge in [-0.1, -0.05) is 17.8 Å². The summed E-state index contributed by atoms with van der Waals surface area (Å²) in [6, 6.07) is 5.57. The van der Waals surface area contributed by atoms with Crippen LogP contribution in [0.3, 0.4) is 0 Å². The Balaban J connectivity index is 2.53. The van der Waals surface area contributed by atoms with Crippen LogP contribution in [0.15, 0.2) is 23.4 Å². The van der Waals surface area contributed by atoms with Crippen molar-refractivity contribution in [2.45, 2.75) is 18.7 Å². The number of carbonyl (C=O) groups is 1. The van der Waals surface area contributed by atoms with Crippen LogP contribution in [-0.2, 0) is 11.4 Å². The summed E-state index contributed by atoms with van der Waals surface area (Å²) < 4.78 is 6.93. The van der Waals surface area contributed by atoms with Gasteiger partial charge < -0.3 is 14.9 Å². The van der Waals surface area contributed by atoms with Crippen molar-refractivity contribution < 1.29 is 19.7 Å². The number of aliphatic hydroxyl groups excluding tert-OH is 1. The number of ether oxygens (including phenoxy) is 1. The molecule has 0 atom stereocenters. The van der Waals surface area contributed by atoms with Gasteiger partial charge in [0.25, 0.3) is 0 Å². The molecule has 1 aromatic heterocycles. The van der Waals surface area contributed by atoms with Gasteiger partial charge in [0.15, 0.2) is 11.0 Å². The standard InChI is InChI=1S/C13H15N3O4S/c1-8-3-4-10(20-2)9(5-8)16-11(6-17)14-15-13(16)21-7-12(18)19/h3-5,17H,6-7H2,1-2H3,(H,18,19). The summed E-state index contributed by atoms with van der Waals surface area (Å²) in [6.07, 6.45) is 0. The second kappa shape index (κ2) is 6.59. The number of nitrogens with zero attached hydrogens (tertiary/aromatic N) is 3. The van der Waals surface area contributed by atoms with E-state index in [9.17, 15) is 9.90 Å².